The molecule has 1 aromatic carbocycles. The molecule has 1 aromatic rings. The molecule has 0 amide bonds. The van der Waals surface area contributed by atoms with Gasteiger partial charge in [-0.3, -0.25) is 5.14 Å². The first-order chi connectivity index (χ1) is 4.34. The van der Waals surface area contributed by atoms with Crippen LogP contribution < -0.4 is 5.14 Å². The predicted molar refractivity (Wildman–Crippen MR) is 50.6 cm³/mol. The average Bonchev–Trinajstić information content (AvgIpc) is 1.89. The van der Waals surface area contributed by atoms with Gasteiger partial charge in [0.05, 0.1) is 0 Å². The molecule has 0 aromatic heterocycles. The van der Waals surface area contributed by atoms with Crippen molar-refractivity contribution < 1.29 is 12.4 Å². The molecule has 3 nitrogen and oxygen atoms in total. The molecule has 0 aliphatic carbocycles. The summed E-state index contributed by atoms with van der Waals surface area (Å²) < 4.78 is 0. The summed E-state index contributed by atoms with van der Waals surface area (Å²) in [5, 5.41) is 5.37. The zero-order valence-corrected chi connectivity index (χ0v) is 7.11. The van der Waals surface area contributed by atoms with Crippen molar-refractivity contribution >= 4 is 11.9 Å². The van der Waals surface area contributed by atoms with E-state index in [9.17, 15) is 0 Å². The highest BCUT2D eigenvalue weighted by Crippen LogP contribution is 2.15. The van der Waals surface area contributed by atoms with E-state index in [0.717, 1.165) is 4.90 Å². The Morgan fingerprint density at radius 1 is 1.27 bits per heavy atom. The van der Waals surface area contributed by atoms with Crippen LogP contribution in [0.25, 0.3) is 0 Å². The monoisotopic (exact) mass is 177 g/mol. The summed E-state index contributed by atoms with van der Waals surface area (Å²) in [6.07, 6.45) is 0. The maximum atomic E-state index is 5.37. The maximum Gasteiger partial charge on any atom is 0.0255 e. The molecule has 11 heavy (non-hydrogen) atoms. The lowest BCUT2D eigenvalue weighted by atomic mass is 10.2. The van der Waals surface area contributed by atoms with Crippen LogP contribution in [-0.4, -0.2) is 11.0 Å². The van der Waals surface area contributed by atoms with Gasteiger partial charge in [0.1, 0.15) is 0 Å². The molecule has 0 aliphatic rings. The van der Waals surface area contributed by atoms with Crippen LogP contribution in [0.4, 0.5) is 0 Å². The molecule has 1 rings (SSSR count). The minimum atomic E-state index is 0. The molecule has 66 valence electrons. The number of rotatable bonds is 1. The third kappa shape index (κ3) is 3.38. The van der Waals surface area contributed by atoms with Crippen molar-refractivity contribution in [1.29, 1.82) is 0 Å². The van der Waals surface area contributed by atoms with Crippen LogP contribution in [0.5, 0.6) is 0 Å². The minimum Gasteiger partial charge on any atom is -0.412 e. The van der Waals surface area contributed by atoms with Crippen molar-refractivity contribution in [1.82, 2.24) is 0 Å². The molecule has 0 bridgehead atoms. The highest BCUT2D eigenvalue weighted by atomic mass is 32.2. The van der Waals surface area contributed by atoms with E-state index in [2.05, 4.69) is 13.0 Å². The van der Waals surface area contributed by atoms with Gasteiger partial charge in [-0.2, -0.15) is 0 Å². The van der Waals surface area contributed by atoms with Gasteiger partial charge in [0.2, 0.25) is 0 Å². The maximum absolute atomic E-state index is 5.37. The van der Waals surface area contributed by atoms with E-state index in [1.165, 1.54) is 17.5 Å². The summed E-state index contributed by atoms with van der Waals surface area (Å²) in [5.74, 6) is 0. The van der Waals surface area contributed by atoms with Crippen molar-refractivity contribution in [3.8, 4) is 0 Å². The third-order valence-corrected chi connectivity index (χ3v) is 1.93. The van der Waals surface area contributed by atoms with Crippen molar-refractivity contribution in [3.63, 3.8) is 0 Å². The molecular formula is C7H15NO2S. The quantitative estimate of drug-likeness (QED) is 0.635. The van der Waals surface area contributed by atoms with Crippen molar-refractivity contribution in [2.45, 2.75) is 11.8 Å². The van der Waals surface area contributed by atoms with Gasteiger partial charge in [-0.15, -0.1) is 0 Å². The Bertz CT molecular complexity index is 210. The Morgan fingerprint density at radius 3 is 2.18 bits per heavy atom. The first-order valence-electron chi connectivity index (χ1n) is 2.77. The fourth-order valence-electron chi connectivity index (χ4n) is 0.689. The fourth-order valence-corrected chi connectivity index (χ4v) is 1.10. The molecule has 0 atom stereocenters. The number of benzene rings is 1. The summed E-state index contributed by atoms with van der Waals surface area (Å²) >= 11 is 1.30. The predicted octanol–water partition coefficient (Wildman–Crippen LogP) is 0.557. The molecule has 0 fully saturated rings. The molecular weight excluding hydrogens is 162 g/mol. The van der Waals surface area contributed by atoms with E-state index in [-0.39, 0.29) is 12.4 Å². The van der Waals surface area contributed by atoms with Crippen molar-refractivity contribution in [2.75, 3.05) is 0 Å². The normalized spacial score (nSPS) is 7.82. The van der Waals surface area contributed by atoms with Crippen LogP contribution >= 0.6 is 11.9 Å². The second-order valence-corrected chi connectivity index (χ2v) is 2.56. The zero-order chi connectivity index (χ0) is 6.69. The fraction of sp³-hybridized carbons (Fsp3) is 0.143. The first-order valence-corrected chi connectivity index (χ1v) is 3.65. The summed E-state index contributed by atoms with van der Waals surface area (Å²) in [4.78, 5) is 1.15. The molecule has 0 saturated heterocycles. The van der Waals surface area contributed by atoms with Crippen LogP contribution in [0.3, 0.4) is 0 Å². The lowest BCUT2D eigenvalue weighted by molar-refractivity contribution is 0.823. The Hall–Kier alpha value is -0.550. The Balaban J connectivity index is -0.000000270. The van der Waals surface area contributed by atoms with Crippen LogP contribution in [0.1, 0.15) is 6.99 Å². The van der Waals surface area contributed by atoms with Gasteiger partial charge in [0.25, 0.3) is 0 Å². The molecule has 6 N–H and O–H groups in total. The van der Waals surface area contributed by atoms with E-state index in [1.54, 1.807) is 0 Å². The van der Waals surface area contributed by atoms with Gasteiger partial charge >= 0.3 is 0 Å². The first kappa shape index (κ1) is 13.1. The molecule has 0 radical (unpaired) electrons. The highest BCUT2D eigenvalue weighted by Gasteiger charge is 1.90. The smallest absolute Gasteiger partial charge is 0.0255 e. The van der Waals surface area contributed by atoms with E-state index in [4.69, 9.17) is 5.14 Å². The summed E-state index contributed by atoms with van der Waals surface area (Å²) in [6, 6.07) is 8.06. The summed E-state index contributed by atoms with van der Waals surface area (Å²) in [5.41, 5.74) is 1.24. The van der Waals surface area contributed by atoms with Gasteiger partial charge in [0.15, 0.2) is 0 Å². The average molecular weight is 177 g/mol. The number of hydrogen-bond donors (Lipinski definition) is 1. The Morgan fingerprint density at radius 2 is 1.82 bits per heavy atom. The second-order valence-electron chi connectivity index (χ2n) is 1.88. The van der Waals surface area contributed by atoms with Gasteiger partial charge in [-0.05, 0) is 30.5 Å². The standard InChI is InChI=1S/C7H9NS.2H2O.H2/c1-6-4-2-3-5-7(6)9-8;;;/h2-5H,8H2,1H3;2*1H2;1H. The lowest BCUT2D eigenvalue weighted by Crippen LogP contribution is -1.81. The van der Waals surface area contributed by atoms with E-state index < -0.39 is 0 Å². The van der Waals surface area contributed by atoms with Gasteiger partial charge in [0, 0.05) is 6.32 Å². The van der Waals surface area contributed by atoms with Crippen LogP contribution in [-0.2, 0) is 0 Å². The van der Waals surface area contributed by atoms with Gasteiger partial charge < -0.3 is 11.0 Å². The molecule has 0 saturated carbocycles. The molecule has 0 spiro atoms. The SMILES string of the molecule is Cc1ccccc1SN.O.O.[HH]. The van der Waals surface area contributed by atoms with Crippen LogP contribution in [0.15, 0.2) is 29.2 Å². The van der Waals surface area contributed by atoms with E-state index in [1.807, 2.05) is 18.2 Å². The third-order valence-electron chi connectivity index (χ3n) is 1.22. The Labute approximate surface area is 71.8 Å². The van der Waals surface area contributed by atoms with E-state index >= 15 is 0 Å². The largest absolute Gasteiger partial charge is 0.412 e. The van der Waals surface area contributed by atoms with E-state index in [0.29, 0.717) is 0 Å². The number of aryl methyl sites for hydroxylation is 1. The summed E-state index contributed by atoms with van der Waals surface area (Å²) in [7, 11) is 0. The zero-order valence-electron chi connectivity index (χ0n) is 6.29. The van der Waals surface area contributed by atoms with Crippen LogP contribution in [0, 0.1) is 6.92 Å². The number of nitrogens with two attached hydrogens (primary N) is 1. The molecule has 0 heterocycles. The van der Waals surface area contributed by atoms with Crippen molar-refractivity contribution in [2.24, 2.45) is 5.14 Å². The highest BCUT2D eigenvalue weighted by molar-refractivity contribution is 7.97. The van der Waals surface area contributed by atoms with Crippen molar-refractivity contribution in [3.05, 3.63) is 29.8 Å². The number of hydrogen-bond acceptors (Lipinski definition) is 2. The topological polar surface area (TPSA) is 89.0 Å². The van der Waals surface area contributed by atoms with Gasteiger partial charge in [-0.1, -0.05) is 18.2 Å². The lowest BCUT2D eigenvalue weighted by Gasteiger charge is -1.97. The van der Waals surface area contributed by atoms with Crippen LogP contribution in [0.2, 0.25) is 0 Å². The summed E-state index contributed by atoms with van der Waals surface area (Å²) in [6.45, 7) is 2.05. The Kier molecular flexibility index (Phi) is 7.34. The molecule has 4 heteroatoms. The molecule has 0 unspecified atom stereocenters. The molecule has 0 aliphatic heterocycles. The minimum absolute atomic E-state index is 0. The second kappa shape index (κ2) is 6.18. The van der Waals surface area contributed by atoms with Gasteiger partial charge in [-0.25, -0.2) is 0 Å².